The summed E-state index contributed by atoms with van der Waals surface area (Å²) in [6.07, 6.45) is -3.75. The summed E-state index contributed by atoms with van der Waals surface area (Å²) >= 11 is 4.23. The molecule has 1 aromatic heterocycles. The molecule has 0 saturated heterocycles. The van der Waals surface area contributed by atoms with E-state index in [2.05, 4.69) is 25.9 Å². The Balaban J connectivity index is 1.94. The molecule has 0 bridgehead atoms. The Kier molecular flexibility index (Phi) is 3.96. The molecule has 2 aliphatic heterocycles. The van der Waals surface area contributed by atoms with Crippen LogP contribution >= 0.6 is 27.7 Å². The molecule has 0 radical (unpaired) electrons. The lowest BCUT2D eigenvalue weighted by molar-refractivity contribution is -0.138. The highest BCUT2D eigenvalue weighted by molar-refractivity contribution is 9.10. The van der Waals surface area contributed by atoms with Gasteiger partial charge in [-0.3, -0.25) is 4.79 Å². The normalized spacial score (nSPS) is 18.9. The van der Waals surface area contributed by atoms with Crippen molar-refractivity contribution in [3.63, 3.8) is 0 Å². The first-order chi connectivity index (χ1) is 12.2. The SMILES string of the molecule is O=C1C=C(O)C2Sc3nc(-c4ccc(Br)cc4)cc(C(F)(F)F)c3C2=N1. The molecule has 9 heteroatoms. The summed E-state index contributed by atoms with van der Waals surface area (Å²) in [5, 5.41) is 9.20. The fourth-order valence-electron chi connectivity index (χ4n) is 2.81. The van der Waals surface area contributed by atoms with E-state index in [0.717, 1.165) is 28.4 Å². The van der Waals surface area contributed by atoms with Crippen LogP contribution < -0.4 is 0 Å². The zero-order valence-electron chi connectivity index (χ0n) is 12.7. The van der Waals surface area contributed by atoms with Crippen LogP contribution in [0.3, 0.4) is 0 Å². The molecule has 1 unspecified atom stereocenters. The fraction of sp³-hybridized carbons (Fsp3) is 0.118. The zero-order valence-corrected chi connectivity index (χ0v) is 15.1. The molecule has 0 saturated carbocycles. The van der Waals surface area contributed by atoms with Crippen LogP contribution in [0.1, 0.15) is 11.1 Å². The molecule has 2 aliphatic rings. The lowest BCUT2D eigenvalue weighted by atomic mass is 9.98. The quantitative estimate of drug-likeness (QED) is 0.693. The Bertz CT molecular complexity index is 1000. The fourth-order valence-corrected chi connectivity index (χ4v) is 4.26. The molecule has 1 N–H and O–H groups in total. The van der Waals surface area contributed by atoms with Crippen LogP contribution in [0.15, 0.2) is 56.7 Å². The van der Waals surface area contributed by atoms with Gasteiger partial charge in [-0.25, -0.2) is 9.98 Å². The van der Waals surface area contributed by atoms with E-state index in [1.165, 1.54) is 0 Å². The van der Waals surface area contributed by atoms with Crippen molar-refractivity contribution >= 4 is 39.3 Å². The minimum atomic E-state index is -4.66. The molecular formula is C17H8BrF3N2O2S. The minimum absolute atomic E-state index is 0.0937. The third-order valence-corrected chi connectivity index (χ3v) is 5.68. The maximum Gasteiger partial charge on any atom is 0.417 e. The number of benzene rings is 1. The average Bonchev–Trinajstić information content (AvgIpc) is 2.92. The van der Waals surface area contributed by atoms with Gasteiger partial charge in [0.1, 0.15) is 16.0 Å². The first kappa shape index (κ1) is 17.3. The topological polar surface area (TPSA) is 62.5 Å². The lowest BCUT2D eigenvalue weighted by Crippen LogP contribution is -2.24. The van der Waals surface area contributed by atoms with Gasteiger partial charge >= 0.3 is 6.18 Å². The predicted octanol–water partition coefficient (Wildman–Crippen LogP) is 4.78. The number of aliphatic hydroxyl groups is 1. The molecule has 1 amide bonds. The van der Waals surface area contributed by atoms with Gasteiger partial charge in [-0.2, -0.15) is 13.2 Å². The van der Waals surface area contributed by atoms with Gasteiger partial charge in [-0.1, -0.05) is 39.8 Å². The molecule has 0 spiro atoms. The Labute approximate surface area is 158 Å². The summed E-state index contributed by atoms with van der Waals surface area (Å²) < 4.78 is 41.9. The number of amides is 1. The second kappa shape index (κ2) is 5.95. The number of carbonyl (C=O) groups is 1. The van der Waals surface area contributed by atoms with Crippen LogP contribution in [-0.4, -0.2) is 27.0 Å². The standard InChI is InChI=1S/C17H8BrF3N2O2S/c18-8-3-1-7(2-4-8)10-5-9(17(19,20)21)13-14-15(26-16(13)22-10)11(24)6-12(25)23-14/h1-6,15,24H. The van der Waals surface area contributed by atoms with E-state index in [1.54, 1.807) is 24.3 Å². The van der Waals surface area contributed by atoms with Crippen molar-refractivity contribution in [3.05, 3.63) is 57.8 Å². The summed E-state index contributed by atoms with van der Waals surface area (Å²) in [6, 6.07) is 7.69. The van der Waals surface area contributed by atoms with Gasteiger partial charge < -0.3 is 5.11 Å². The van der Waals surface area contributed by atoms with Gasteiger partial charge in [-0.05, 0) is 18.2 Å². The number of thioether (sulfide) groups is 1. The number of rotatable bonds is 1. The van der Waals surface area contributed by atoms with Crippen LogP contribution in [0.5, 0.6) is 0 Å². The Morgan fingerprint density at radius 1 is 1.19 bits per heavy atom. The summed E-state index contributed by atoms with van der Waals surface area (Å²) in [6.45, 7) is 0. The molecule has 26 heavy (non-hydrogen) atoms. The molecule has 1 aromatic carbocycles. The Morgan fingerprint density at radius 3 is 2.54 bits per heavy atom. The van der Waals surface area contributed by atoms with Gasteiger partial charge in [0.15, 0.2) is 0 Å². The van der Waals surface area contributed by atoms with E-state index < -0.39 is 22.9 Å². The summed E-state index contributed by atoms with van der Waals surface area (Å²) in [5.74, 6) is -1.10. The number of aliphatic imine (C=N–C) groups is 1. The largest absolute Gasteiger partial charge is 0.510 e. The average molecular weight is 441 g/mol. The highest BCUT2D eigenvalue weighted by Crippen LogP contribution is 2.47. The van der Waals surface area contributed by atoms with E-state index in [4.69, 9.17) is 0 Å². The highest BCUT2D eigenvalue weighted by Gasteiger charge is 2.45. The number of pyridine rings is 1. The number of hydrogen-bond donors (Lipinski definition) is 1. The maximum absolute atomic E-state index is 13.7. The number of nitrogens with zero attached hydrogens (tertiary/aromatic N) is 2. The van der Waals surface area contributed by atoms with E-state index >= 15 is 0 Å². The Hall–Kier alpha value is -2.13. The molecule has 1 atom stereocenters. The van der Waals surface area contributed by atoms with Crippen LogP contribution in [0.2, 0.25) is 0 Å². The number of aliphatic hydroxyl groups excluding tert-OH is 1. The van der Waals surface area contributed by atoms with Crippen molar-refractivity contribution in [2.45, 2.75) is 16.5 Å². The van der Waals surface area contributed by atoms with Gasteiger partial charge in [-0.15, -0.1) is 0 Å². The first-order valence-electron chi connectivity index (χ1n) is 7.32. The summed E-state index contributed by atoms with van der Waals surface area (Å²) in [4.78, 5) is 19.6. The number of dihydropyridines is 1. The predicted molar refractivity (Wildman–Crippen MR) is 94.3 cm³/mol. The van der Waals surface area contributed by atoms with Gasteiger partial charge in [0.25, 0.3) is 5.91 Å². The molecule has 4 rings (SSSR count). The number of carbonyl (C=O) groups excluding carboxylic acids is 1. The molecule has 2 aromatic rings. The smallest absolute Gasteiger partial charge is 0.417 e. The van der Waals surface area contributed by atoms with Crippen LogP contribution in [0.4, 0.5) is 13.2 Å². The molecule has 0 fully saturated rings. The van der Waals surface area contributed by atoms with Crippen molar-refractivity contribution in [2.75, 3.05) is 0 Å². The van der Waals surface area contributed by atoms with Crippen molar-refractivity contribution in [2.24, 2.45) is 4.99 Å². The molecule has 0 aliphatic carbocycles. The van der Waals surface area contributed by atoms with Crippen LogP contribution in [0, 0.1) is 0 Å². The number of hydrogen-bond acceptors (Lipinski definition) is 4. The first-order valence-corrected chi connectivity index (χ1v) is 8.99. The second-order valence-corrected chi connectivity index (χ2v) is 7.65. The number of halogens is 4. The second-order valence-electron chi connectivity index (χ2n) is 5.64. The van der Waals surface area contributed by atoms with Crippen molar-refractivity contribution in [1.29, 1.82) is 0 Å². The number of aromatic nitrogens is 1. The van der Waals surface area contributed by atoms with Crippen molar-refractivity contribution in [1.82, 2.24) is 4.98 Å². The van der Waals surface area contributed by atoms with E-state index in [9.17, 15) is 23.1 Å². The zero-order chi connectivity index (χ0) is 18.6. The van der Waals surface area contributed by atoms with E-state index in [-0.39, 0.29) is 27.8 Å². The third kappa shape index (κ3) is 2.84. The van der Waals surface area contributed by atoms with Crippen molar-refractivity contribution in [3.8, 4) is 11.3 Å². The van der Waals surface area contributed by atoms with Crippen molar-refractivity contribution < 1.29 is 23.1 Å². The summed E-state index contributed by atoms with van der Waals surface area (Å²) in [7, 11) is 0. The molecule has 3 heterocycles. The molecular weight excluding hydrogens is 433 g/mol. The van der Waals surface area contributed by atoms with Gasteiger partial charge in [0, 0.05) is 21.7 Å². The van der Waals surface area contributed by atoms with E-state index in [1.807, 2.05) is 0 Å². The third-order valence-electron chi connectivity index (χ3n) is 3.94. The number of fused-ring (bicyclic) bond motifs is 3. The Morgan fingerprint density at radius 2 is 1.88 bits per heavy atom. The monoisotopic (exact) mass is 440 g/mol. The minimum Gasteiger partial charge on any atom is -0.510 e. The number of alkyl halides is 3. The van der Waals surface area contributed by atoms with Crippen LogP contribution in [0.25, 0.3) is 11.3 Å². The molecule has 132 valence electrons. The van der Waals surface area contributed by atoms with Gasteiger partial charge in [0.2, 0.25) is 0 Å². The van der Waals surface area contributed by atoms with E-state index in [0.29, 0.717) is 5.56 Å². The summed E-state index contributed by atoms with van der Waals surface area (Å²) in [5.41, 5.74) is -0.574. The lowest BCUT2D eigenvalue weighted by Gasteiger charge is -2.16. The maximum atomic E-state index is 13.7. The van der Waals surface area contributed by atoms with Crippen LogP contribution in [-0.2, 0) is 11.0 Å². The van der Waals surface area contributed by atoms with Gasteiger partial charge in [0.05, 0.1) is 17.0 Å². The highest BCUT2D eigenvalue weighted by atomic mass is 79.9. The molecule has 4 nitrogen and oxygen atoms in total.